The molecule has 0 aromatic heterocycles. The first-order chi connectivity index (χ1) is 11.6. The molecule has 0 bridgehead atoms. The molecule has 2 N–H and O–H groups in total. The van der Waals surface area contributed by atoms with Gasteiger partial charge in [0.2, 0.25) is 0 Å². The van der Waals surface area contributed by atoms with Gasteiger partial charge < -0.3 is 14.8 Å². The van der Waals surface area contributed by atoms with Gasteiger partial charge >= 0.3 is 6.03 Å². The minimum atomic E-state index is -0.568. The van der Waals surface area contributed by atoms with Gasteiger partial charge in [-0.3, -0.25) is 14.9 Å². The van der Waals surface area contributed by atoms with Gasteiger partial charge in [0.25, 0.3) is 5.91 Å². The Hall–Kier alpha value is -2.57. The first kappa shape index (κ1) is 17.8. The van der Waals surface area contributed by atoms with Gasteiger partial charge in [-0.25, -0.2) is 4.79 Å². The largest absolute Gasteiger partial charge is 0.493 e. The Balaban J connectivity index is 1.82. The van der Waals surface area contributed by atoms with E-state index in [0.29, 0.717) is 17.6 Å². The smallest absolute Gasteiger partial charge is 0.321 e. The Bertz CT molecular complexity index is 597. The fourth-order valence-corrected chi connectivity index (χ4v) is 2.65. The first-order valence-electron chi connectivity index (χ1n) is 7.98. The molecule has 2 rings (SSSR count). The van der Waals surface area contributed by atoms with Gasteiger partial charge in [0.1, 0.15) is 6.29 Å². The maximum atomic E-state index is 11.8. The van der Waals surface area contributed by atoms with Gasteiger partial charge in [0, 0.05) is 11.6 Å². The van der Waals surface area contributed by atoms with E-state index in [1.165, 1.54) is 19.6 Å². The molecule has 1 aromatic carbocycles. The number of aldehydes is 1. The monoisotopic (exact) mass is 334 g/mol. The van der Waals surface area contributed by atoms with Crippen molar-refractivity contribution in [1.29, 1.82) is 0 Å². The Morgan fingerprint density at radius 2 is 1.96 bits per heavy atom. The molecule has 0 atom stereocenters. The fraction of sp³-hybridized carbons (Fsp3) is 0.471. The molecule has 0 heterocycles. The van der Waals surface area contributed by atoms with Crippen LogP contribution in [0.3, 0.4) is 0 Å². The van der Waals surface area contributed by atoms with Gasteiger partial charge in [-0.1, -0.05) is 19.3 Å². The Morgan fingerprint density at radius 1 is 1.21 bits per heavy atom. The quantitative estimate of drug-likeness (QED) is 0.777. The normalized spacial score (nSPS) is 14.5. The molecular formula is C17H22N2O5. The lowest BCUT2D eigenvalue weighted by Crippen LogP contribution is -2.46. The van der Waals surface area contributed by atoms with Crippen molar-refractivity contribution in [3.8, 4) is 11.5 Å². The Labute approximate surface area is 140 Å². The van der Waals surface area contributed by atoms with E-state index in [9.17, 15) is 14.4 Å². The van der Waals surface area contributed by atoms with Gasteiger partial charge in [-0.05, 0) is 31.0 Å². The van der Waals surface area contributed by atoms with Crippen molar-refractivity contribution in [2.45, 2.75) is 38.1 Å². The van der Waals surface area contributed by atoms with Crippen molar-refractivity contribution in [3.63, 3.8) is 0 Å². The van der Waals surface area contributed by atoms with Crippen LogP contribution >= 0.6 is 0 Å². The van der Waals surface area contributed by atoms with Gasteiger partial charge in [-0.2, -0.15) is 0 Å². The van der Waals surface area contributed by atoms with E-state index in [0.717, 1.165) is 25.7 Å². The second-order valence-corrected chi connectivity index (χ2v) is 5.67. The van der Waals surface area contributed by atoms with E-state index < -0.39 is 11.9 Å². The van der Waals surface area contributed by atoms with Crippen LogP contribution in [0.5, 0.6) is 11.5 Å². The van der Waals surface area contributed by atoms with E-state index in [1.54, 1.807) is 12.1 Å². The summed E-state index contributed by atoms with van der Waals surface area (Å²) in [6.45, 7) is -0.350. The standard InChI is InChI=1S/C17H22N2O5/c1-23-14-8-7-12(10-20)9-15(14)24-11-16(21)19-17(22)18-13-5-3-2-4-6-13/h7-10,13H,2-6,11H2,1H3,(H2,18,19,21,22). The number of amides is 3. The van der Waals surface area contributed by atoms with Crippen LogP contribution in [0.25, 0.3) is 0 Å². The lowest BCUT2D eigenvalue weighted by atomic mass is 9.96. The molecule has 130 valence electrons. The summed E-state index contributed by atoms with van der Waals surface area (Å²) < 4.78 is 10.5. The summed E-state index contributed by atoms with van der Waals surface area (Å²) in [5.41, 5.74) is 0.404. The molecule has 3 amide bonds. The lowest BCUT2D eigenvalue weighted by molar-refractivity contribution is -0.122. The van der Waals surface area contributed by atoms with Crippen molar-refractivity contribution >= 4 is 18.2 Å². The zero-order chi connectivity index (χ0) is 17.4. The summed E-state index contributed by atoms with van der Waals surface area (Å²) in [4.78, 5) is 34.4. The van der Waals surface area contributed by atoms with Gasteiger partial charge in [0.05, 0.1) is 7.11 Å². The summed E-state index contributed by atoms with van der Waals surface area (Å²) in [5.74, 6) is 0.104. The Morgan fingerprint density at radius 3 is 2.62 bits per heavy atom. The lowest BCUT2D eigenvalue weighted by Gasteiger charge is -2.22. The van der Waals surface area contributed by atoms with Crippen molar-refractivity contribution in [1.82, 2.24) is 10.6 Å². The van der Waals surface area contributed by atoms with Crippen molar-refractivity contribution in [2.75, 3.05) is 13.7 Å². The second-order valence-electron chi connectivity index (χ2n) is 5.67. The summed E-state index contributed by atoms with van der Waals surface area (Å²) in [6.07, 6.45) is 5.92. The number of urea groups is 1. The molecule has 1 saturated carbocycles. The highest BCUT2D eigenvalue weighted by Gasteiger charge is 2.17. The number of benzene rings is 1. The number of ether oxygens (including phenoxy) is 2. The number of hydrogen-bond donors (Lipinski definition) is 2. The predicted molar refractivity (Wildman–Crippen MR) is 87.4 cm³/mol. The highest BCUT2D eigenvalue weighted by Crippen LogP contribution is 2.27. The molecule has 0 spiro atoms. The third-order valence-corrected chi connectivity index (χ3v) is 3.88. The van der Waals surface area contributed by atoms with E-state index in [2.05, 4.69) is 10.6 Å². The zero-order valence-electron chi connectivity index (χ0n) is 13.7. The topological polar surface area (TPSA) is 93.7 Å². The first-order valence-corrected chi connectivity index (χ1v) is 7.98. The van der Waals surface area contributed by atoms with Crippen molar-refractivity contribution in [2.24, 2.45) is 0 Å². The van der Waals surface area contributed by atoms with E-state index in [1.807, 2.05) is 0 Å². The second kappa shape index (κ2) is 8.90. The van der Waals surface area contributed by atoms with Crippen molar-refractivity contribution in [3.05, 3.63) is 23.8 Å². The van der Waals surface area contributed by atoms with E-state index in [4.69, 9.17) is 9.47 Å². The minimum Gasteiger partial charge on any atom is -0.493 e. The average molecular weight is 334 g/mol. The van der Waals surface area contributed by atoms with Crippen LogP contribution < -0.4 is 20.1 Å². The number of carbonyl (C=O) groups excluding carboxylic acids is 3. The van der Waals surface area contributed by atoms with E-state index in [-0.39, 0.29) is 18.4 Å². The third kappa shape index (κ3) is 5.26. The molecule has 0 saturated heterocycles. The number of methoxy groups -OCH3 is 1. The third-order valence-electron chi connectivity index (χ3n) is 3.88. The van der Waals surface area contributed by atoms with Gasteiger partial charge in [0.15, 0.2) is 18.1 Å². The molecule has 1 fully saturated rings. The van der Waals surface area contributed by atoms with Crippen LogP contribution in [-0.2, 0) is 4.79 Å². The minimum absolute atomic E-state index is 0.122. The molecule has 1 aliphatic rings. The number of imide groups is 1. The highest BCUT2D eigenvalue weighted by molar-refractivity contribution is 5.95. The van der Waals surface area contributed by atoms with Crippen LogP contribution in [0.2, 0.25) is 0 Å². The van der Waals surface area contributed by atoms with E-state index >= 15 is 0 Å². The molecule has 0 unspecified atom stereocenters. The molecular weight excluding hydrogens is 312 g/mol. The van der Waals surface area contributed by atoms with Crippen molar-refractivity contribution < 1.29 is 23.9 Å². The number of carbonyl (C=O) groups is 3. The number of rotatable bonds is 6. The summed E-state index contributed by atoms with van der Waals surface area (Å²) in [6, 6.07) is 4.24. The van der Waals surface area contributed by atoms with Crippen LogP contribution in [0.1, 0.15) is 42.5 Å². The molecule has 24 heavy (non-hydrogen) atoms. The maximum absolute atomic E-state index is 11.8. The van der Waals surface area contributed by atoms with Crippen LogP contribution in [-0.4, -0.2) is 38.0 Å². The zero-order valence-corrected chi connectivity index (χ0v) is 13.7. The summed E-state index contributed by atoms with van der Waals surface area (Å²) in [7, 11) is 1.46. The summed E-state index contributed by atoms with van der Waals surface area (Å²) >= 11 is 0. The molecule has 0 radical (unpaired) electrons. The fourth-order valence-electron chi connectivity index (χ4n) is 2.65. The highest BCUT2D eigenvalue weighted by atomic mass is 16.5. The van der Waals surface area contributed by atoms with Gasteiger partial charge in [-0.15, -0.1) is 0 Å². The van der Waals surface area contributed by atoms with Crippen LogP contribution in [0.15, 0.2) is 18.2 Å². The molecule has 7 nitrogen and oxygen atoms in total. The molecule has 7 heteroatoms. The van der Waals surface area contributed by atoms with Crippen LogP contribution in [0.4, 0.5) is 4.79 Å². The molecule has 1 aromatic rings. The predicted octanol–water partition coefficient (Wildman–Crippen LogP) is 2.04. The maximum Gasteiger partial charge on any atom is 0.321 e. The van der Waals surface area contributed by atoms with Crippen LogP contribution in [0, 0.1) is 0 Å². The SMILES string of the molecule is COc1ccc(C=O)cc1OCC(=O)NC(=O)NC1CCCCC1. The summed E-state index contributed by atoms with van der Waals surface area (Å²) in [5, 5.41) is 5.03. The number of nitrogens with one attached hydrogen (secondary N) is 2. The Kier molecular flexibility index (Phi) is 6.60. The molecule has 0 aliphatic heterocycles. The average Bonchev–Trinajstić information content (AvgIpc) is 2.60. The number of hydrogen-bond acceptors (Lipinski definition) is 5. The molecule has 1 aliphatic carbocycles.